The van der Waals surface area contributed by atoms with Gasteiger partial charge in [-0.05, 0) is 86.4 Å². The summed E-state index contributed by atoms with van der Waals surface area (Å²) in [6.07, 6.45) is 8.58. The molecule has 0 aromatic heterocycles. The van der Waals surface area contributed by atoms with Crippen LogP contribution in [0.4, 0.5) is 16.2 Å². The lowest BCUT2D eigenvalue weighted by molar-refractivity contribution is -0.121. The third kappa shape index (κ3) is 4.72. The minimum absolute atomic E-state index is 0.00639. The van der Waals surface area contributed by atoms with E-state index < -0.39 is 0 Å². The predicted molar refractivity (Wildman–Crippen MR) is 131 cm³/mol. The van der Waals surface area contributed by atoms with Gasteiger partial charge in [0, 0.05) is 23.3 Å². The zero-order valence-electron chi connectivity index (χ0n) is 19.3. The van der Waals surface area contributed by atoms with Crippen LogP contribution in [0.5, 0.6) is 0 Å². The van der Waals surface area contributed by atoms with Crippen molar-refractivity contribution in [2.24, 2.45) is 5.92 Å². The summed E-state index contributed by atoms with van der Waals surface area (Å²) in [7, 11) is 0. The Morgan fingerprint density at radius 3 is 2.62 bits per heavy atom. The van der Waals surface area contributed by atoms with Gasteiger partial charge in [0.25, 0.3) is 0 Å². The van der Waals surface area contributed by atoms with Crippen LogP contribution in [0.2, 0.25) is 0 Å². The van der Waals surface area contributed by atoms with E-state index >= 15 is 0 Å². The van der Waals surface area contributed by atoms with Crippen LogP contribution < -0.4 is 10.6 Å². The molecule has 5 nitrogen and oxygen atoms in total. The summed E-state index contributed by atoms with van der Waals surface area (Å²) in [6.45, 7) is 6.92. The van der Waals surface area contributed by atoms with E-state index in [0.717, 1.165) is 49.0 Å². The van der Waals surface area contributed by atoms with Crippen LogP contribution >= 0.6 is 0 Å². The first-order chi connectivity index (χ1) is 15.5. The molecule has 1 aliphatic carbocycles. The lowest BCUT2D eigenvalue weighted by Gasteiger charge is -2.39. The van der Waals surface area contributed by atoms with E-state index in [0.29, 0.717) is 6.54 Å². The van der Waals surface area contributed by atoms with Gasteiger partial charge in [0.05, 0.1) is 6.54 Å². The average Bonchev–Trinajstić information content (AvgIpc) is 2.78. The van der Waals surface area contributed by atoms with Crippen LogP contribution in [-0.4, -0.2) is 22.9 Å². The predicted octanol–water partition coefficient (Wildman–Crippen LogP) is 6.27. The molecular formula is C27H33N3O2. The molecule has 168 valence electrons. The van der Waals surface area contributed by atoms with Crippen molar-refractivity contribution in [2.45, 2.75) is 65.5 Å². The Bertz CT molecular complexity index is 1040. The summed E-state index contributed by atoms with van der Waals surface area (Å²) in [4.78, 5) is 27.5. The average molecular weight is 432 g/mol. The molecule has 3 amide bonds. The Morgan fingerprint density at radius 2 is 1.91 bits per heavy atom. The molecule has 5 heteroatoms. The summed E-state index contributed by atoms with van der Waals surface area (Å²) >= 11 is 0. The lowest BCUT2D eigenvalue weighted by Crippen LogP contribution is -2.47. The monoisotopic (exact) mass is 431 g/mol. The quantitative estimate of drug-likeness (QED) is 0.586. The first kappa shape index (κ1) is 22.1. The fourth-order valence-corrected chi connectivity index (χ4v) is 4.83. The van der Waals surface area contributed by atoms with Crippen molar-refractivity contribution in [1.29, 1.82) is 0 Å². The Balaban J connectivity index is 1.34. The van der Waals surface area contributed by atoms with Crippen molar-refractivity contribution in [3.63, 3.8) is 0 Å². The number of carbonyl (C=O) groups is 2. The topological polar surface area (TPSA) is 61.4 Å². The van der Waals surface area contributed by atoms with Crippen molar-refractivity contribution in [2.75, 3.05) is 10.6 Å². The molecule has 0 saturated heterocycles. The largest absolute Gasteiger partial charge is 0.326 e. The van der Waals surface area contributed by atoms with Crippen LogP contribution in [0.15, 0.2) is 42.5 Å². The SMILES string of the molecule is CC/C=C\c1ccc(NC(=O)C2CCC(N3Cc4c(C)cccc4NC3=O)CC2)cc1C. The van der Waals surface area contributed by atoms with Gasteiger partial charge in [-0.25, -0.2) is 4.79 Å². The molecule has 32 heavy (non-hydrogen) atoms. The van der Waals surface area contributed by atoms with Gasteiger partial charge in [-0.2, -0.15) is 0 Å². The maximum absolute atomic E-state index is 12.9. The van der Waals surface area contributed by atoms with Gasteiger partial charge < -0.3 is 15.5 Å². The van der Waals surface area contributed by atoms with E-state index in [1.807, 2.05) is 29.2 Å². The van der Waals surface area contributed by atoms with Gasteiger partial charge in [-0.15, -0.1) is 0 Å². The van der Waals surface area contributed by atoms with Crippen molar-refractivity contribution in [3.05, 3.63) is 64.7 Å². The maximum atomic E-state index is 12.9. The van der Waals surface area contributed by atoms with Gasteiger partial charge in [-0.1, -0.05) is 37.3 Å². The molecule has 2 aromatic rings. The van der Waals surface area contributed by atoms with Crippen LogP contribution in [-0.2, 0) is 11.3 Å². The van der Waals surface area contributed by atoms with Gasteiger partial charge in [0.1, 0.15) is 0 Å². The second kappa shape index (κ2) is 9.60. The van der Waals surface area contributed by atoms with E-state index in [1.165, 1.54) is 16.7 Å². The highest BCUT2D eigenvalue weighted by atomic mass is 16.2. The molecule has 2 aromatic carbocycles. The van der Waals surface area contributed by atoms with Gasteiger partial charge in [-0.3, -0.25) is 4.79 Å². The maximum Gasteiger partial charge on any atom is 0.322 e. The number of fused-ring (bicyclic) bond motifs is 1. The number of hydrogen-bond donors (Lipinski definition) is 2. The van der Waals surface area contributed by atoms with E-state index in [4.69, 9.17) is 0 Å². The second-order valence-electron chi connectivity index (χ2n) is 9.04. The molecule has 0 radical (unpaired) electrons. The van der Waals surface area contributed by atoms with Crippen molar-refractivity contribution in [1.82, 2.24) is 4.90 Å². The number of allylic oxidation sites excluding steroid dienone is 1. The number of aryl methyl sites for hydroxylation is 2. The summed E-state index contributed by atoms with van der Waals surface area (Å²) in [6, 6.07) is 12.3. The number of urea groups is 1. The number of benzene rings is 2. The van der Waals surface area contributed by atoms with E-state index in [-0.39, 0.29) is 23.9 Å². The van der Waals surface area contributed by atoms with E-state index in [9.17, 15) is 9.59 Å². The second-order valence-corrected chi connectivity index (χ2v) is 9.04. The minimum Gasteiger partial charge on any atom is -0.326 e. The molecule has 4 rings (SSSR count). The lowest BCUT2D eigenvalue weighted by atomic mass is 9.84. The Hall–Kier alpha value is -3.08. The third-order valence-corrected chi connectivity index (χ3v) is 6.82. The number of hydrogen-bond acceptors (Lipinski definition) is 2. The zero-order valence-corrected chi connectivity index (χ0v) is 19.3. The van der Waals surface area contributed by atoms with Gasteiger partial charge >= 0.3 is 6.03 Å². The number of carbonyl (C=O) groups excluding carboxylic acids is 2. The van der Waals surface area contributed by atoms with Gasteiger partial charge in [0.2, 0.25) is 5.91 Å². The molecule has 0 spiro atoms. The van der Waals surface area contributed by atoms with Crippen LogP contribution in [0, 0.1) is 19.8 Å². The fraction of sp³-hybridized carbons (Fsp3) is 0.407. The highest BCUT2D eigenvalue weighted by Gasteiger charge is 2.34. The molecule has 1 aliphatic heterocycles. The summed E-state index contributed by atoms with van der Waals surface area (Å²) in [5, 5.41) is 6.14. The van der Waals surface area contributed by atoms with Crippen LogP contribution in [0.25, 0.3) is 6.08 Å². The number of nitrogens with zero attached hydrogens (tertiary/aromatic N) is 1. The highest BCUT2D eigenvalue weighted by Crippen LogP contribution is 2.34. The van der Waals surface area contributed by atoms with Crippen molar-refractivity contribution >= 4 is 29.4 Å². The smallest absolute Gasteiger partial charge is 0.322 e. The summed E-state index contributed by atoms with van der Waals surface area (Å²) < 4.78 is 0. The summed E-state index contributed by atoms with van der Waals surface area (Å²) in [5.41, 5.74) is 6.51. The molecule has 2 aliphatic rings. The molecular weight excluding hydrogens is 398 g/mol. The normalized spacial score (nSPS) is 20.7. The molecule has 1 heterocycles. The molecule has 0 atom stereocenters. The molecule has 0 bridgehead atoms. The van der Waals surface area contributed by atoms with Crippen molar-refractivity contribution in [3.8, 4) is 0 Å². The van der Waals surface area contributed by atoms with Gasteiger partial charge in [0.15, 0.2) is 0 Å². The van der Waals surface area contributed by atoms with E-state index in [2.05, 4.69) is 55.7 Å². The highest BCUT2D eigenvalue weighted by molar-refractivity contribution is 5.94. The number of rotatable bonds is 5. The van der Waals surface area contributed by atoms with Crippen LogP contribution in [0.1, 0.15) is 61.3 Å². The minimum atomic E-state index is -0.0244. The first-order valence-corrected chi connectivity index (χ1v) is 11.7. The Kier molecular flexibility index (Phi) is 6.63. The first-order valence-electron chi connectivity index (χ1n) is 11.7. The number of anilines is 2. The Labute approximate surface area is 190 Å². The number of nitrogens with one attached hydrogen (secondary N) is 2. The standard InChI is InChI=1S/C27H33N3O2/c1-4-5-8-20-10-13-22(16-19(20)3)28-26(31)21-11-14-23(15-12-21)30-17-24-18(2)7-6-9-25(24)29-27(30)32/h5-10,13,16,21,23H,4,11-12,14-15,17H2,1-3H3,(H,28,31)(H,29,32)/b8-5-. The molecule has 0 unspecified atom stereocenters. The summed E-state index contributed by atoms with van der Waals surface area (Å²) in [5.74, 6) is 0.0806. The van der Waals surface area contributed by atoms with Crippen molar-refractivity contribution < 1.29 is 9.59 Å². The molecule has 1 saturated carbocycles. The number of amides is 3. The molecule has 1 fully saturated rings. The third-order valence-electron chi connectivity index (χ3n) is 6.82. The molecule has 2 N–H and O–H groups in total. The van der Waals surface area contributed by atoms with E-state index in [1.54, 1.807) is 0 Å². The Morgan fingerprint density at radius 1 is 1.12 bits per heavy atom. The zero-order chi connectivity index (χ0) is 22.7. The van der Waals surface area contributed by atoms with Crippen LogP contribution in [0.3, 0.4) is 0 Å². The fourth-order valence-electron chi connectivity index (χ4n) is 4.83.